The van der Waals surface area contributed by atoms with Crippen molar-refractivity contribution in [3.63, 3.8) is 0 Å². The topological polar surface area (TPSA) is 38.3 Å². The van der Waals surface area contributed by atoms with Crippen LogP contribution in [-0.2, 0) is 4.74 Å². The van der Waals surface area contributed by atoms with Gasteiger partial charge in [-0.15, -0.1) is 11.6 Å². The Balaban J connectivity index is 2.45. The highest BCUT2D eigenvalue weighted by Crippen LogP contribution is 2.21. The van der Waals surface area contributed by atoms with Gasteiger partial charge in [0, 0.05) is 23.1 Å². The van der Waals surface area contributed by atoms with E-state index < -0.39 is 0 Å². The average molecular weight is 355 g/mol. The average Bonchev–Trinajstić information content (AvgIpc) is 2.29. The summed E-state index contributed by atoms with van der Waals surface area (Å²) in [4.78, 5) is 11.9. The molecule has 1 aromatic carbocycles. The molecule has 1 unspecified atom stereocenters. The van der Waals surface area contributed by atoms with Gasteiger partial charge < -0.3 is 10.1 Å². The van der Waals surface area contributed by atoms with Crippen molar-refractivity contribution in [3.8, 4) is 0 Å². The van der Waals surface area contributed by atoms with Gasteiger partial charge in [0.1, 0.15) is 0 Å². The molecule has 0 fully saturated rings. The predicted molar refractivity (Wildman–Crippen MR) is 77.6 cm³/mol. The maximum absolute atomic E-state index is 11.9. The van der Waals surface area contributed by atoms with E-state index in [9.17, 15) is 4.79 Å². The second-order valence-corrected chi connectivity index (χ2v) is 5.63. The van der Waals surface area contributed by atoms with Gasteiger partial charge in [0.15, 0.2) is 0 Å². The predicted octanol–water partition coefficient (Wildman–Crippen LogP) is 3.48. The highest BCUT2D eigenvalue weighted by Gasteiger charge is 2.10. The van der Waals surface area contributed by atoms with Crippen LogP contribution in [0.4, 0.5) is 0 Å². The van der Waals surface area contributed by atoms with E-state index in [4.69, 9.17) is 27.9 Å². The third-order valence-electron chi connectivity index (χ3n) is 2.27. The van der Waals surface area contributed by atoms with E-state index in [1.54, 1.807) is 25.3 Å². The van der Waals surface area contributed by atoms with Crippen LogP contribution in [0.2, 0.25) is 5.02 Å². The highest BCUT2D eigenvalue weighted by atomic mass is 79.9. The van der Waals surface area contributed by atoms with Crippen LogP contribution < -0.4 is 5.32 Å². The molecule has 0 saturated heterocycles. The number of benzene rings is 1. The Morgan fingerprint density at radius 2 is 2.28 bits per heavy atom. The molecule has 0 spiro atoms. The van der Waals surface area contributed by atoms with Crippen LogP contribution in [0.3, 0.4) is 0 Å². The summed E-state index contributed by atoms with van der Waals surface area (Å²) in [6, 6.07) is 5.04. The van der Waals surface area contributed by atoms with Gasteiger partial charge >= 0.3 is 0 Å². The SMILES string of the molecule is COCC(Cl)CCNC(=O)c1ccc(Cl)cc1Br. The molecule has 1 rings (SSSR count). The molecule has 1 atom stereocenters. The highest BCUT2D eigenvalue weighted by molar-refractivity contribution is 9.10. The van der Waals surface area contributed by atoms with Gasteiger partial charge in [-0.1, -0.05) is 11.6 Å². The van der Waals surface area contributed by atoms with Gasteiger partial charge in [-0.2, -0.15) is 0 Å². The smallest absolute Gasteiger partial charge is 0.252 e. The number of nitrogens with one attached hydrogen (secondary N) is 1. The van der Waals surface area contributed by atoms with Crippen molar-refractivity contribution in [2.75, 3.05) is 20.3 Å². The Hall–Kier alpha value is -0.290. The minimum atomic E-state index is -0.153. The minimum absolute atomic E-state index is 0.0936. The van der Waals surface area contributed by atoms with Crippen molar-refractivity contribution in [1.29, 1.82) is 0 Å². The molecular weight excluding hydrogens is 341 g/mol. The summed E-state index contributed by atoms with van der Waals surface area (Å²) in [6.45, 7) is 0.980. The van der Waals surface area contributed by atoms with E-state index >= 15 is 0 Å². The summed E-state index contributed by atoms with van der Waals surface area (Å²) in [5.74, 6) is -0.153. The van der Waals surface area contributed by atoms with Gasteiger partial charge in [-0.05, 0) is 40.5 Å². The third-order valence-corrected chi connectivity index (χ3v) is 3.50. The molecule has 6 heteroatoms. The van der Waals surface area contributed by atoms with E-state index in [2.05, 4.69) is 21.2 Å². The number of alkyl halides is 1. The third kappa shape index (κ3) is 5.14. The molecule has 0 radical (unpaired) electrons. The fourth-order valence-corrected chi connectivity index (χ4v) is 2.47. The molecule has 0 bridgehead atoms. The van der Waals surface area contributed by atoms with Crippen LogP contribution in [0.15, 0.2) is 22.7 Å². The molecule has 0 saturated carbocycles. The lowest BCUT2D eigenvalue weighted by atomic mass is 10.2. The van der Waals surface area contributed by atoms with Crippen LogP contribution in [0.1, 0.15) is 16.8 Å². The Kier molecular flexibility index (Phi) is 7.00. The van der Waals surface area contributed by atoms with E-state index in [1.807, 2.05) is 0 Å². The second kappa shape index (κ2) is 8.00. The molecule has 0 heterocycles. The van der Waals surface area contributed by atoms with E-state index in [0.717, 1.165) is 0 Å². The first kappa shape index (κ1) is 15.8. The number of hydrogen-bond acceptors (Lipinski definition) is 2. The number of carbonyl (C=O) groups is 1. The molecular formula is C12H14BrCl2NO2. The summed E-state index contributed by atoms with van der Waals surface area (Å²) in [6.07, 6.45) is 0.659. The zero-order valence-corrected chi connectivity index (χ0v) is 13.0. The Bertz CT molecular complexity index is 415. The maximum atomic E-state index is 11.9. The second-order valence-electron chi connectivity index (χ2n) is 3.72. The van der Waals surface area contributed by atoms with Crippen molar-refractivity contribution in [2.45, 2.75) is 11.8 Å². The van der Waals surface area contributed by atoms with E-state index in [1.165, 1.54) is 0 Å². The summed E-state index contributed by atoms with van der Waals surface area (Å²) < 4.78 is 5.58. The zero-order valence-electron chi connectivity index (χ0n) is 9.88. The van der Waals surface area contributed by atoms with Crippen LogP contribution in [0, 0.1) is 0 Å². The Labute approximate surface area is 125 Å². The molecule has 3 nitrogen and oxygen atoms in total. The standard InChI is InChI=1S/C12H14BrCl2NO2/c1-18-7-9(15)4-5-16-12(17)10-3-2-8(14)6-11(10)13/h2-3,6,9H,4-5,7H2,1H3,(H,16,17). The number of rotatable bonds is 6. The fourth-order valence-electron chi connectivity index (χ4n) is 1.38. The van der Waals surface area contributed by atoms with Crippen molar-refractivity contribution in [2.24, 2.45) is 0 Å². The maximum Gasteiger partial charge on any atom is 0.252 e. The quantitative estimate of drug-likeness (QED) is 0.794. The largest absolute Gasteiger partial charge is 0.383 e. The molecule has 0 aliphatic carbocycles. The van der Waals surface area contributed by atoms with Crippen molar-refractivity contribution in [3.05, 3.63) is 33.3 Å². The Morgan fingerprint density at radius 3 is 2.89 bits per heavy atom. The van der Waals surface area contributed by atoms with Crippen LogP contribution >= 0.6 is 39.1 Å². The molecule has 1 amide bonds. The first-order valence-electron chi connectivity index (χ1n) is 5.41. The number of amides is 1. The molecule has 1 aromatic rings. The number of methoxy groups -OCH3 is 1. The van der Waals surface area contributed by atoms with Gasteiger partial charge in [0.05, 0.1) is 17.5 Å². The molecule has 1 N–H and O–H groups in total. The van der Waals surface area contributed by atoms with Crippen molar-refractivity contribution < 1.29 is 9.53 Å². The number of hydrogen-bond donors (Lipinski definition) is 1. The normalized spacial score (nSPS) is 12.2. The minimum Gasteiger partial charge on any atom is -0.383 e. The summed E-state index contributed by atoms with van der Waals surface area (Å²) in [7, 11) is 1.60. The first-order valence-corrected chi connectivity index (χ1v) is 7.01. The van der Waals surface area contributed by atoms with Gasteiger partial charge in [0.25, 0.3) is 5.91 Å². The lowest BCUT2D eigenvalue weighted by molar-refractivity contribution is 0.0951. The lowest BCUT2D eigenvalue weighted by Crippen LogP contribution is -2.27. The Morgan fingerprint density at radius 1 is 1.56 bits per heavy atom. The van der Waals surface area contributed by atoms with Gasteiger partial charge in [-0.3, -0.25) is 4.79 Å². The van der Waals surface area contributed by atoms with Crippen LogP contribution in [0.5, 0.6) is 0 Å². The molecule has 0 aromatic heterocycles. The zero-order chi connectivity index (χ0) is 13.5. The van der Waals surface area contributed by atoms with Crippen LogP contribution in [0.25, 0.3) is 0 Å². The molecule has 0 aliphatic rings. The monoisotopic (exact) mass is 353 g/mol. The summed E-state index contributed by atoms with van der Waals surface area (Å²) >= 11 is 15.1. The molecule has 18 heavy (non-hydrogen) atoms. The van der Waals surface area contributed by atoms with Crippen LogP contribution in [-0.4, -0.2) is 31.5 Å². The summed E-state index contributed by atoms with van der Waals surface area (Å²) in [5.41, 5.74) is 0.553. The van der Waals surface area contributed by atoms with E-state index in [0.29, 0.717) is 34.6 Å². The number of halogens is 3. The van der Waals surface area contributed by atoms with E-state index in [-0.39, 0.29) is 11.3 Å². The van der Waals surface area contributed by atoms with Gasteiger partial charge in [-0.25, -0.2) is 0 Å². The van der Waals surface area contributed by atoms with Crippen molar-refractivity contribution in [1.82, 2.24) is 5.32 Å². The molecule has 100 valence electrons. The first-order chi connectivity index (χ1) is 8.54. The fraction of sp³-hybridized carbons (Fsp3) is 0.417. The number of carbonyl (C=O) groups excluding carboxylic acids is 1. The van der Waals surface area contributed by atoms with Gasteiger partial charge in [0.2, 0.25) is 0 Å². The molecule has 0 aliphatic heterocycles. The van der Waals surface area contributed by atoms with Crippen molar-refractivity contribution >= 4 is 45.0 Å². The lowest BCUT2D eigenvalue weighted by Gasteiger charge is -2.10. The summed E-state index contributed by atoms with van der Waals surface area (Å²) in [5, 5.41) is 3.29. The number of ether oxygens (including phenoxy) is 1.